The van der Waals surface area contributed by atoms with Gasteiger partial charge >= 0.3 is 7.60 Å². The summed E-state index contributed by atoms with van der Waals surface area (Å²) in [6.45, 7) is 1.77. The minimum absolute atomic E-state index is 0.201. The van der Waals surface area contributed by atoms with Crippen molar-refractivity contribution in [3.8, 4) is 0 Å². The molecule has 0 aliphatic heterocycles. The predicted octanol–water partition coefficient (Wildman–Crippen LogP) is 5.29. The Morgan fingerprint density at radius 3 is 1.69 bits per heavy atom. The van der Waals surface area contributed by atoms with Gasteiger partial charge in [0, 0.05) is 14.2 Å². The van der Waals surface area contributed by atoms with Gasteiger partial charge in [-0.3, -0.25) is 4.57 Å². The molecule has 142 valence electrons. The van der Waals surface area contributed by atoms with Crippen LogP contribution >= 0.6 is 7.60 Å². The Hall–Kier alpha value is -1.96. The summed E-state index contributed by atoms with van der Waals surface area (Å²) in [6, 6.07) is 6.14. The van der Waals surface area contributed by atoms with Gasteiger partial charge in [-0.2, -0.15) is 0 Å². The van der Waals surface area contributed by atoms with Crippen molar-refractivity contribution >= 4 is 13.3 Å². The molecule has 0 aliphatic carbocycles. The first kappa shape index (κ1) is 20.4. The summed E-state index contributed by atoms with van der Waals surface area (Å²) in [4.78, 5) is 0. The molecule has 2 rings (SSSR count). The summed E-state index contributed by atoms with van der Waals surface area (Å²) in [6.07, 6.45) is 0. The van der Waals surface area contributed by atoms with Crippen molar-refractivity contribution in [2.24, 2.45) is 0 Å². The van der Waals surface area contributed by atoms with Gasteiger partial charge in [0.05, 0.1) is 0 Å². The first-order chi connectivity index (χ1) is 12.2. The maximum atomic E-state index is 14.0. The number of halogens is 5. The highest BCUT2D eigenvalue weighted by atomic mass is 31.2. The average molecular weight is 395 g/mol. The molecule has 0 heterocycles. The summed E-state index contributed by atoms with van der Waals surface area (Å²) < 4.78 is 90.5. The zero-order valence-electron chi connectivity index (χ0n) is 13.9. The van der Waals surface area contributed by atoms with E-state index in [4.69, 9.17) is 9.05 Å². The summed E-state index contributed by atoms with van der Waals surface area (Å²) >= 11 is 0. The van der Waals surface area contributed by atoms with Gasteiger partial charge in [0.25, 0.3) is 0 Å². The summed E-state index contributed by atoms with van der Waals surface area (Å²) in [7, 11) is -1.99. The van der Waals surface area contributed by atoms with Gasteiger partial charge in [0.2, 0.25) is 5.82 Å². The zero-order valence-corrected chi connectivity index (χ0v) is 14.8. The number of rotatable bonds is 6. The van der Waals surface area contributed by atoms with Crippen LogP contribution in [0.1, 0.15) is 16.9 Å². The smallest absolute Gasteiger partial charge is 0.356 e. The van der Waals surface area contributed by atoms with Crippen LogP contribution < -0.4 is 5.32 Å². The van der Waals surface area contributed by atoms with Crippen LogP contribution in [0.3, 0.4) is 0 Å². The first-order valence-corrected chi connectivity index (χ1v) is 8.83. The van der Waals surface area contributed by atoms with Crippen LogP contribution in [0.2, 0.25) is 0 Å². The second-order valence-corrected chi connectivity index (χ2v) is 7.63. The van der Waals surface area contributed by atoms with Gasteiger partial charge in [-0.15, -0.1) is 0 Å². The van der Waals surface area contributed by atoms with E-state index in [-0.39, 0.29) is 5.56 Å². The zero-order chi connectivity index (χ0) is 19.6. The molecule has 10 heteroatoms. The van der Waals surface area contributed by atoms with Crippen molar-refractivity contribution in [1.29, 1.82) is 0 Å². The molecule has 2 aromatic rings. The molecule has 4 nitrogen and oxygen atoms in total. The van der Waals surface area contributed by atoms with Gasteiger partial charge in [0.15, 0.2) is 29.1 Å². The van der Waals surface area contributed by atoms with E-state index >= 15 is 0 Å². The summed E-state index contributed by atoms with van der Waals surface area (Å²) in [5.41, 5.74) is -0.304. The molecule has 0 aromatic heterocycles. The van der Waals surface area contributed by atoms with Crippen molar-refractivity contribution in [1.82, 2.24) is 0 Å². The Kier molecular flexibility index (Phi) is 6.05. The SMILES string of the molecule is COP(=O)(OC)C(Nc1c(F)c(F)c(F)c(F)c1F)c1ccc(C)cc1. The van der Waals surface area contributed by atoms with E-state index in [1.807, 2.05) is 0 Å². The van der Waals surface area contributed by atoms with E-state index in [1.165, 1.54) is 12.1 Å². The molecule has 1 atom stereocenters. The Labute approximate surface area is 146 Å². The Morgan fingerprint density at radius 2 is 1.27 bits per heavy atom. The minimum atomic E-state index is -4.06. The van der Waals surface area contributed by atoms with Crippen molar-refractivity contribution in [2.45, 2.75) is 12.7 Å². The van der Waals surface area contributed by atoms with E-state index < -0.39 is 48.2 Å². The number of nitrogens with one attached hydrogen (secondary N) is 1. The van der Waals surface area contributed by atoms with Crippen molar-refractivity contribution in [3.63, 3.8) is 0 Å². The lowest BCUT2D eigenvalue weighted by atomic mass is 10.1. The number of benzene rings is 2. The Balaban J connectivity index is 2.63. The normalized spacial score (nSPS) is 12.9. The Bertz CT molecular complexity index is 823. The molecule has 1 unspecified atom stereocenters. The van der Waals surface area contributed by atoms with Crippen LogP contribution in [0.25, 0.3) is 0 Å². The molecular formula is C16H15F5NO3P. The average Bonchev–Trinajstić information content (AvgIpc) is 2.65. The molecule has 0 bridgehead atoms. The second kappa shape index (κ2) is 7.73. The van der Waals surface area contributed by atoms with E-state index in [1.54, 1.807) is 19.1 Å². The fourth-order valence-corrected chi connectivity index (χ4v) is 3.64. The highest BCUT2D eigenvalue weighted by molar-refractivity contribution is 7.54. The number of anilines is 1. The van der Waals surface area contributed by atoms with Crippen LogP contribution in [0.5, 0.6) is 0 Å². The molecule has 0 saturated carbocycles. The third kappa shape index (κ3) is 3.60. The van der Waals surface area contributed by atoms with Gasteiger partial charge in [-0.05, 0) is 12.5 Å². The second-order valence-electron chi connectivity index (χ2n) is 5.31. The van der Waals surface area contributed by atoms with Crippen LogP contribution in [0.15, 0.2) is 24.3 Å². The highest BCUT2D eigenvalue weighted by Gasteiger charge is 2.38. The van der Waals surface area contributed by atoms with Crippen LogP contribution in [-0.2, 0) is 13.6 Å². The van der Waals surface area contributed by atoms with Crippen molar-refractivity contribution in [3.05, 3.63) is 64.5 Å². The fourth-order valence-electron chi connectivity index (χ4n) is 2.25. The van der Waals surface area contributed by atoms with E-state index in [2.05, 4.69) is 5.32 Å². The third-order valence-electron chi connectivity index (χ3n) is 3.71. The molecule has 0 amide bonds. The topological polar surface area (TPSA) is 47.6 Å². The monoisotopic (exact) mass is 395 g/mol. The third-order valence-corrected chi connectivity index (χ3v) is 5.79. The molecule has 0 saturated heterocycles. The van der Waals surface area contributed by atoms with Gasteiger partial charge in [-0.1, -0.05) is 29.8 Å². The quantitative estimate of drug-likeness (QED) is 0.313. The van der Waals surface area contributed by atoms with Gasteiger partial charge < -0.3 is 14.4 Å². The maximum Gasteiger partial charge on any atom is 0.356 e. The van der Waals surface area contributed by atoms with Crippen molar-refractivity contribution < 1.29 is 35.6 Å². The molecule has 2 aromatic carbocycles. The Morgan fingerprint density at radius 1 is 0.846 bits per heavy atom. The lowest BCUT2D eigenvalue weighted by Gasteiger charge is -2.27. The van der Waals surface area contributed by atoms with E-state index in [0.717, 1.165) is 19.8 Å². The lowest BCUT2D eigenvalue weighted by molar-refractivity contribution is 0.268. The summed E-state index contributed by atoms with van der Waals surface area (Å²) in [5, 5.41) is 2.09. The standard InChI is InChI=1S/C16H15F5NO3P/c1-8-4-6-9(7-5-8)16(26(23,24-2)25-3)22-15-13(20)11(18)10(17)12(19)14(15)21/h4-7,16,22H,1-3H3. The molecular weight excluding hydrogens is 380 g/mol. The van der Waals surface area contributed by atoms with Crippen LogP contribution in [0, 0.1) is 36.0 Å². The van der Waals surface area contributed by atoms with Crippen LogP contribution in [-0.4, -0.2) is 14.2 Å². The van der Waals surface area contributed by atoms with E-state index in [9.17, 15) is 26.5 Å². The highest BCUT2D eigenvalue weighted by Crippen LogP contribution is 2.60. The van der Waals surface area contributed by atoms with Crippen molar-refractivity contribution in [2.75, 3.05) is 19.5 Å². The lowest BCUT2D eigenvalue weighted by Crippen LogP contribution is -2.17. The largest absolute Gasteiger partial charge is 0.363 e. The molecule has 0 fully saturated rings. The minimum Gasteiger partial charge on any atom is -0.363 e. The van der Waals surface area contributed by atoms with Gasteiger partial charge in [-0.25, -0.2) is 22.0 Å². The van der Waals surface area contributed by atoms with E-state index in [0.29, 0.717) is 0 Å². The summed E-state index contributed by atoms with van der Waals surface area (Å²) in [5.74, 6) is -12.2. The number of hydrogen-bond acceptors (Lipinski definition) is 4. The maximum absolute atomic E-state index is 14.0. The molecule has 1 N–H and O–H groups in total. The first-order valence-electron chi connectivity index (χ1n) is 7.22. The van der Waals surface area contributed by atoms with Gasteiger partial charge in [0.1, 0.15) is 5.69 Å². The number of hydrogen-bond donors (Lipinski definition) is 1. The number of aryl methyl sites for hydroxylation is 1. The molecule has 26 heavy (non-hydrogen) atoms. The van der Waals surface area contributed by atoms with Crippen LogP contribution in [0.4, 0.5) is 27.6 Å². The molecule has 0 radical (unpaired) electrons. The fraction of sp³-hybridized carbons (Fsp3) is 0.250. The molecule has 0 spiro atoms. The molecule has 0 aliphatic rings. The predicted molar refractivity (Wildman–Crippen MR) is 85.4 cm³/mol.